The predicted octanol–water partition coefficient (Wildman–Crippen LogP) is 4.25. The highest BCUT2D eigenvalue weighted by atomic mass is 31.1. The van der Waals surface area contributed by atoms with Crippen LogP contribution in [0.5, 0.6) is 0 Å². The second kappa shape index (κ2) is 8.42. The molecule has 2 heteroatoms. The lowest BCUT2D eigenvalue weighted by Crippen LogP contribution is -2.26. The maximum Gasteiger partial charge on any atom is 0.0577 e. The van der Waals surface area contributed by atoms with Crippen molar-refractivity contribution in [1.82, 2.24) is 0 Å². The number of benzene rings is 2. The van der Waals surface area contributed by atoms with Gasteiger partial charge in [-0.1, -0.05) is 91.9 Å². The lowest BCUT2D eigenvalue weighted by molar-refractivity contribution is 0.111. The predicted molar refractivity (Wildman–Crippen MR) is 105 cm³/mol. The van der Waals surface area contributed by atoms with E-state index in [9.17, 15) is 5.11 Å². The molecule has 0 aliphatic heterocycles. The smallest absolute Gasteiger partial charge is 0.0577 e. The minimum atomic E-state index is -0.437. The fourth-order valence-corrected chi connectivity index (χ4v) is 5.73. The molecule has 2 unspecified atom stereocenters. The van der Waals surface area contributed by atoms with Crippen LogP contribution in [-0.2, 0) is 0 Å². The van der Waals surface area contributed by atoms with Crippen molar-refractivity contribution in [1.29, 1.82) is 0 Å². The number of aliphatic hydroxyl groups is 1. The summed E-state index contributed by atoms with van der Waals surface area (Å²) in [6, 6.07) is 21.5. The number of rotatable bonds is 7. The molecule has 0 amide bonds. The summed E-state index contributed by atoms with van der Waals surface area (Å²) < 4.78 is 0. The molecule has 1 aliphatic carbocycles. The lowest BCUT2D eigenvalue weighted by Gasteiger charge is -2.26. The van der Waals surface area contributed by atoms with Crippen LogP contribution in [0.4, 0.5) is 0 Å². The van der Waals surface area contributed by atoms with E-state index in [1.807, 2.05) is 0 Å². The summed E-state index contributed by atoms with van der Waals surface area (Å²) in [5.41, 5.74) is 0. The Labute approximate surface area is 146 Å². The quantitative estimate of drug-likeness (QED) is 0.750. The Morgan fingerprint density at radius 3 is 1.88 bits per heavy atom. The molecule has 1 N–H and O–H groups in total. The molecule has 2 atom stereocenters. The average molecular weight is 336 g/mol. The van der Waals surface area contributed by atoms with Crippen LogP contribution in [0.3, 0.4) is 0 Å². The van der Waals surface area contributed by atoms with Crippen LogP contribution in [-0.4, -0.2) is 17.4 Å². The van der Waals surface area contributed by atoms with Crippen LogP contribution >= 0.6 is 7.92 Å². The molecule has 0 aromatic heterocycles. The van der Waals surface area contributed by atoms with Crippen LogP contribution in [0.25, 0.3) is 0 Å². The van der Waals surface area contributed by atoms with Crippen molar-refractivity contribution in [3.05, 3.63) is 85.0 Å². The van der Waals surface area contributed by atoms with E-state index < -0.39 is 7.92 Å². The van der Waals surface area contributed by atoms with Gasteiger partial charge in [-0.15, -0.1) is 0 Å². The van der Waals surface area contributed by atoms with Gasteiger partial charge >= 0.3 is 0 Å². The van der Waals surface area contributed by atoms with Gasteiger partial charge in [-0.05, 0) is 42.9 Å². The van der Waals surface area contributed by atoms with E-state index in [-0.39, 0.29) is 12.0 Å². The Hall–Kier alpha value is -1.69. The third-order valence-corrected chi connectivity index (χ3v) is 7.39. The molecule has 1 aliphatic rings. The van der Waals surface area contributed by atoms with Gasteiger partial charge in [-0.25, -0.2) is 0 Å². The summed E-state index contributed by atoms with van der Waals surface area (Å²) >= 11 is 0. The summed E-state index contributed by atoms with van der Waals surface area (Å²) in [5.74, 6) is 0.668. The van der Waals surface area contributed by atoms with E-state index in [0.717, 1.165) is 12.6 Å². The van der Waals surface area contributed by atoms with E-state index in [2.05, 4.69) is 91.9 Å². The highest BCUT2D eigenvalue weighted by Crippen LogP contribution is 2.37. The molecule has 0 spiro atoms. The maximum atomic E-state index is 10.7. The Bertz CT molecular complexity index is 626. The van der Waals surface area contributed by atoms with Crippen molar-refractivity contribution in [2.75, 3.05) is 6.16 Å². The van der Waals surface area contributed by atoms with Gasteiger partial charge in [0.25, 0.3) is 0 Å². The molecule has 0 saturated carbocycles. The first-order valence-electron chi connectivity index (χ1n) is 8.65. The van der Waals surface area contributed by atoms with Crippen LogP contribution in [0.1, 0.15) is 13.3 Å². The first-order valence-corrected chi connectivity index (χ1v) is 10.2. The maximum absolute atomic E-state index is 10.7. The van der Waals surface area contributed by atoms with Crippen LogP contribution in [0, 0.1) is 11.8 Å². The normalized spacial score (nSPS) is 16.6. The van der Waals surface area contributed by atoms with Crippen molar-refractivity contribution >= 4 is 18.5 Å². The first-order chi connectivity index (χ1) is 11.7. The lowest BCUT2D eigenvalue weighted by atomic mass is 9.96. The van der Waals surface area contributed by atoms with E-state index in [0.29, 0.717) is 5.92 Å². The fraction of sp³-hybridized carbons (Fsp3) is 0.273. The Morgan fingerprint density at radius 2 is 1.38 bits per heavy atom. The van der Waals surface area contributed by atoms with E-state index in [4.69, 9.17) is 0 Å². The zero-order valence-electron chi connectivity index (χ0n) is 14.1. The van der Waals surface area contributed by atoms with Gasteiger partial charge in [0.05, 0.1) is 6.10 Å². The van der Waals surface area contributed by atoms with Gasteiger partial charge in [0.15, 0.2) is 0 Å². The fourth-order valence-electron chi connectivity index (χ4n) is 3.13. The summed E-state index contributed by atoms with van der Waals surface area (Å²) in [6.45, 7) is 2.19. The van der Waals surface area contributed by atoms with Gasteiger partial charge < -0.3 is 5.11 Å². The largest absolute Gasteiger partial charge is 0.393 e. The zero-order valence-corrected chi connectivity index (χ0v) is 15.0. The monoisotopic (exact) mass is 336 g/mol. The van der Waals surface area contributed by atoms with E-state index in [1.54, 1.807) is 0 Å². The molecule has 0 fully saturated rings. The average Bonchev–Trinajstić information content (AvgIpc) is 3.14. The summed E-state index contributed by atoms with van der Waals surface area (Å²) in [4.78, 5) is 0. The molecule has 2 aromatic rings. The van der Waals surface area contributed by atoms with Gasteiger partial charge in [-0.3, -0.25) is 0 Å². The van der Waals surface area contributed by atoms with Gasteiger partial charge in [0.1, 0.15) is 0 Å². The highest BCUT2D eigenvalue weighted by molar-refractivity contribution is 7.73. The molecule has 0 heterocycles. The first kappa shape index (κ1) is 17.1. The summed E-state index contributed by atoms with van der Waals surface area (Å²) in [7, 11) is -0.437. The number of hydrogen-bond acceptors (Lipinski definition) is 1. The molecule has 1 nitrogen and oxygen atoms in total. The molecule has 124 valence electrons. The number of allylic oxidation sites excluding steroid dienone is 4. The zero-order chi connectivity index (χ0) is 16.8. The second-order valence-corrected chi connectivity index (χ2v) is 8.75. The minimum absolute atomic E-state index is 0.264. The summed E-state index contributed by atoms with van der Waals surface area (Å²) in [6.07, 6.45) is 10.1. The summed E-state index contributed by atoms with van der Waals surface area (Å²) in [5, 5.41) is 13.4. The van der Waals surface area contributed by atoms with Crippen molar-refractivity contribution < 1.29 is 5.11 Å². The van der Waals surface area contributed by atoms with E-state index in [1.165, 1.54) is 10.6 Å². The molecule has 3 rings (SSSR count). The molecule has 0 radical (unpaired) electrons. The standard InChI is InChI=1S/C22H25OP/c1-18(22(23)16-19-10-8-9-11-19)17-24(20-12-4-2-5-13-20)21-14-6-3-7-15-21/h2-15,18-19,22-23H,16-17H2,1H3. The second-order valence-electron chi connectivity index (χ2n) is 6.50. The van der Waals surface area contributed by atoms with Crippen molar-refractivity contribution in [2.45, 2.75) is 19.4 Å². The molecular weight excluding hydrogens is 311 g/mol. The Balaban J connectivity index is 1.74. The van der Waals surface area contributed by atoms with E-state index >= 15 is 0 Å². The SMILES string of the molecule is CC(CP(c1ccccc1)c1ccccc1)C(O)CC1C=CC=C1. The van der Waals surface area contributed by atoms with Gasteiger partial charge in [0, 0.05) is 0 Å². The third kappa shape index (κ3) is 4.44. The van der Waals surface area contributed by atoms with Crippen molar-refractivity contribution in [3.8, 4) is 0 Å². The van der Waals surface area contributed by atoms with Crippen LogP contribution in [0.15, 0.2) is 85.0 Å². The van der Waals surface area contributed by atoms with Crippen molar-refractivity contribution in [2.24, 2.45) is 11.8 Å². The molecule has 0 saturated heterocycles. The van der Waals surface area contributed by atoms with Crippen LogP contribution in [0.2, 0.25) is 0 Å². The Kier molecular flexibility index (Phi) is 6.01. The number of hydrogen-bond donors (Lipinski definition) is 1. The molecule has 24 heavy (non-hydrogen) atoms. The molecule has 2 aromatic carbocycles. The van der Waals surface area contributed by atoms with Gasteiger partial charge in [-0.2, -0.15) is 0 Å². The molecule has 0 bridgehead atoms. The highest BCUT2D eigenvalue weighted by Gasteiger charge is 2.23. The van der Waals surface area contributed by atoms with Gasteiger partial charge in [0.2, 0.25) is 0 Å². The topological polar surface area (TPSA) is 20.2 Å². The minimum Gasteiger partial charge on any atom is -0.393 e. The third-order valence-electron chi connectivity index (χ3n) is 4.60. The van der Waals surface area contributed by atoms with Crippen LogP contribution < -0.4 is 10.6 Å². The molecular formula is C22H25OP. The Morgan fingerprint density at radius 1 is 0.875 bits per heavy atom. The number of aliphatic hydroxyl groups excluding tert-OH is 1. The van der Waals surface area contributed by atoms with Crippen molar-refractivity contribution in [3.63, 3.8) is 0 Å².